The number of nitrogens with zero attached hydrogens (tertiary/aromatic N) is 1. The van der Waals surface area contributed by atoms with Gasteiger partial charge in [0.2, 0.25) is 0 Å². The quantitative estimate of drug-likeness (QED) is 0.861. The fraction of sp³-hybridized carbons (Fsp3) is 0.167. The second-order valence-electron chi connectivity index (χ2n) is 5.08. The maximum atomic E-state index is 12.1. The topological polar surface area (TPSA) is 38.8 Å². The summed E-state index contributed by atoms with van der Waals surface area (Å²) in [6, 6.07) is 15.6. The van der Waals surface area contributed by atoms with Crippen LogP contribution in [0.3, 0.4) is 0 Å². The highest BCUT2D eigenvalue weighted by Crippen LogP contribution is 2.22. The molecule has 4 heteroatoms. The Morgan fingerprint density at radius 3 is 2.82 bits per heavy atom. The molecule has 4 nitrogen and oxygen atoms in total. The van der Waals surface area contributed by atoms with Crippen LogP contribution in [-0.2, 0) is 29.3 Å². The third kappa shape index (κ3) is 3.18. The van der Waals surface area contributed by atoms with Gasteiger partial charge in [0.1, 0.15) is 13.2 Å². The molecule has 0 fully saturated rings. The molecule has 1 amide bonds. The van der Waals surface area contributed by atoms with Gasteiger partial charge in [-0.2, -0.15) is 5.06 Å². The number of ether oxygens (including phenoxy) is 1. The van der Waals surface area contributed by atoms with Gasteiger partial charge in [-0.15, -0.1) is 0 Å². The first-order valence-corrected chi connectivity index (χ1v) is 7.11. The number of amides is 1. The summed E-state index contributed by atoms with van der Waals surface area (Å²) in [6.07, 6.45) is 1.31. The van der Waals surface area contributed by atoms with Gasteiger partial charge in [0.05, 0.1) is 6.54 Å². The van der Waals surface area contributed by atoms with E-state index >= 15 is 0 Å². The van der Waals surface area contributed by atoms with E-state index in [4.69, 9.17) is 9.57 Å². The highest BCUT2D eigenvalue weighted by molar-refractivity contribution is 5.67. The first kappa shape index (κ1) is 14.4. The molecule has 1 aliphatic heterocycles. The van der Waals surface area contributed by atoms with Gasteiger partial charge in [-0.25, -0.2) is 4.79 Å². The average Bonchev–Trinajstić information content (AvgIpc) is 2.59. The van der Waals surface area contributed by atoms with Gasteiger partial charge in [-0.1, -0.05) is 55.1 Å². The summed E-state index contributed by atoms with van der Waals surface area (Å²) in [7, 11) is 0. The van der Waals surface area contributed by atoms with Gasteiger partial charge in [0.25, 0.3) is 0 Å². The number of carbonyl (C=O) groups excluding carboxylic acids is 1. The van der Waals surface area contributed by atoms with E-state index in [0.29, 0.717) is 13.2 Å². The van der Waals surface area contributed by atoms with Gasteiger partial charge in [-0.05, 0) is 28.3 Å². The predicted octanol–water partition coefficient (Wildman–Crippen LogP) is 3.91. The number of hydrogen-bond donors (Lipinski definition) is 0. The van der Waals surface area contributed by atoms with Crippen molar-refractivity contribution in [3.8, 4) is 0 Å². The maximum absolute atomic E-state index is 12.1. The Morgan fingerprint density at radius 1 is 1.23 bits per heavy atom. The van der Waals surface area contributed by atoms with Crippen molar-refractivity contribution in [2.75, 3.05) is 0 Å². The second kappa shape index (κ2) is 6.45. The Kier molecular flexibility index (Phi) is 4.21. The lowest BCUT2D eigenvalue weighted by atomic mass is 10.0. The van der Waals surface area contributed by atoms with E-state index in [1.165, 1.54) is 5.06 Å². The standard InChI is InChI=1S/C18H17NO3/c1-2-14-8-9-16-13-22-19(11-17(16)10-14)18(20)21-12-15-6-4-3-5-7-15/h2-10H,1,11-13H2. The zero-order valence-electron chi connectivity index (χ0n) is 12.2. The second-order valence-corrected chi connectivity index (χ2v) is 5.08. The van der Waals surface area contributed by atoms with Crippen molar-refractivity contribution in [2.45, 2.75) is 19.8 Å². The summed E-state index contributed by atoms with van der Waals surface area (Å²) >= 11 is 0. The molecular formula is C18H17NO3. The van der Waals surface area contributed by atoms with Crippen molar-refractivity contribution >= 4 is 12.2 Å². The molecule has 0 aliphatic carbocycles. The molecule has 0 saturated heterocycles. The summed E-state index contributed by atoms with van der Waals surface area (Å²) in [5, 5.41) is 1.26. The molecular weight excluding hydrogens is 278 g/mol. The van der Waals surface area contributed by atoms with Crippen LogP contribution in [0.1, 0.15) is 22.3 Å². The molecule has 0 atom stereocenters. The molecule has 0 bridgehead atoms. The molecule has 2 aromatic carbocycles. The zero-order chi connectivity index (χ0) is 15.4. The Hall–Kier alpha value is -2.59. The summed E-state index contributed by atoms with van der Waals surface area (Å²) < 4.78 is 5.28. The van der Waals surface area contributed by atoms with Crippen LogP contribution in [0.5, 0.6) is 0 Å². The normalized spacial score (nSPS) is 13.4. The van der Waals surface area contributed by atoms with E-state index in [1.54, 1.807) is 6.08 Å². The van der Waals surface area contributed by atoms with Crippen LogP contribution >= 0.6 is 0 Å². The molecule has 0 spiro atoms. The molecule has 2 aromatic rings. The molecule has 0 unspecified atom stereocenters. The number of hydroxylamine groups is 2. The molecule has 0 aromatic heterocycles. The molecule has 1 heterocycles. The molecule has 0 N–H and O–H groups in total. The van der Waals surface area contributed by atoms with Crippen molar-refractivity contribution in [1.29, 1.82) is 0 Å². The monoisotopic (exact) mass is 295 g/mol. The van der Waals surface area contributed by atoms with Gasteiger partial charge in [-0.3, -0.25) is 4.84 Å². The van der Waals surface area contributed by atoms with E-state index in [-0.39, 0.29) is 6.61 Å². The number of carbonyl (C=O) groups is 1. The number of benzene rings is 2. The maximum Gasteiger partial charge on any atom is 0.434 e. The van der Waals surface area contributed by atoms with Gasteiger partial charge in [0.15, 0.2) is 0 Å². The van der Waals surface area contributed by atoms with Crippen LogP contribution in [0.2, 0.25) is 0 Å². The summed E-state index contributed by atoms with van der Waals surface area (Å²) in [6.45, 7) is 4.74. The lowest BCUT2D eigenvalue weighted by Gasteiger charge is -2.27. The fourth-order valence-electron chi connectivity index (χ4n) is 2.32. The zero-order valence-corrected chi connectivity index (χ0v) is 12.2. The average molecular weight is 295 g/mol. The van der Waals surface area contributed by atoms with E-state index in [0.717, 1.165) is 22.3 Å². The first-order valence-electron chi connectivity index (χ1n) is 7.11. The summed E-state index contributed by atoms with van der Waals surface area (Å²) in [5.41, 5.74) is 4.11. The Bertz CT molecular complexity index is 682. The van der Waals surface area contributed by atoms with Crippen LogP contribution in [-0.4, -0.2) is 11.2 Å². The van der Waals surface area contributed by atoms with E-state index in [2.05, 4.69) is 6.58 Å². The minimum Gasteiger partial charge on any atom is -0.443 e. The molecule has 1 aliphatic rings. The van der Waals surface area contributed by atoms with Gasteiger partial charge >= 0.3 is 6.09 Å². The summed E-state index contributed by atoms with van der Waals surface area (Å²) in [4.78, 5) is 17.6. The Labute approximate surface area is 129 Å². The van der Waals surface area contributed by atoms with Crippen molar-refractivity contribution in [3.05, 3.63) is 77.4 Å². The van der Waals surface area contributed by atoms with E-state index in [9.17, 15) is 4.79 Å². The minimum absolute atomic E-state index is 0.235. The fourth-order valence-corrected chi connectivity index (χ4v) is 2.32. The lowest BCUT2D eigenvalue weighted by molar-refractivity contribution is -0.163. The number of rotatable bonds is 3. The number of fused-ring (bicyclic) bond motifs is 1. The summed E-state index contributed by atoms with van der Waals surface area (Å²) in [5.74, 6) is 0. The highest BCUT2D eigenvalue weighted by Gasteiger charge is 2.23. The van der Waals surface area contributed by atoms with Gasteiger partial charge < -0.3 is 4.74 Å². The minimum atomic E-state index is -0.474. The first-order chi connectivity index (χ1) is 10.8. The van der Waals surface area contributed by atoms with Crippen LogP contribution < -0.4 is 0 Å². The largest absolute Gasteiger partial charge is 0.443 e. The predicted molar refractivity (Wildman–Crippen MR) is 83.5 cm³/mol. The Morgan fingerprint density at radius 2 is 2.05 bits per heavy atom. The van der Waals surface area contributed by atoms with Crippen LogP contribution in [0.15, 0.2) is 55.1 Å². The molecule has 22 heavy (non-hydrogen) atoms. The van der Waals surface area contributed by atoms with Crippen molar-refractivity contribution in [1.82, 2.24) is 5.06 Å². The van der Waals surface area contributed by atoms with Gasteiger partial charge in [0, 0.05) is 0 Å². The molecule has 112 valence electrons. The highest BCUT2D eigenvalue weighted by atomic mass is 16.7. The SMILES string of the molecule is C=Cc1ccc2c(c1)CN(C(=O)OCc1ccccc1)OC2. The number of hydrogen-bond acceptors (Lipinski definition) is 3. The van der Waals surface area contributed by atoms with Crippen molar-refractivity contribution < 1.29 is 14.4 Å². The van der Waals surface area contributed by atoms with Crippen LogP contribution in [0.25, 0.3) is 6.08 Å². The van der Waals surface area contributed by atoms with E-state index < -0.39 is 6.09 Å². The van der Waals surface area contributed by atoms with Crippen LogP contribution in [0.4, 0.5) is 4.79 Å². The van der Waals surface area contributed by atoms with Crippen LogP contribution in [0, 0.1) is 0 Å². The molecule has 0 radical (unpaired) electrons. The lowest BCUT2D eigenvalue weighted by Crippen LogP contribution is -2.34. The van der Waals surface area contributed by atoms with Crippen molar-refractivity contribution in [2.24, 2.45) is 0 Å². The van der Waals surface area contributed by atoms with Crippen molar-refractivity contribution in [3.63, 3.8) is 0 Å². The third-order valence-electron chi connectivity index (χ3n) is 3.56. The smallest absolute Gasteiger partial charge is 0.434 e. The molecule has 0 saturated carbocycles. The van der Waals surface area contributed by atoms with E-state index in [1.807, 2.05) is 48.5 Å². The third-order valence-corrected chi connectivity index (χ3v) is 3.56. The molecule has 3 rings (SSSR count). The Balaban J connectivity index is 1.63.